The Morgan fingerprint density at radius 2 is 1.95 bits per heavy atom. The fourth-order valence-corrected chi connectivity index (χ4v) is 3.04. The van der Waals surface area contributed by atoms with Crippen LogP contribution in [0.3, 0.4) is 0 Å². The van der Waals surface area contributed by atoms with Gasteiger partial charge in [-0.1, -0.05) is 30.3 Å². The smallest absolute Gasteiger partial charge is 0.0233 e. The highest BCUT2D eigenvalue weighted by Gasteiger charge is 2.12. The molecular formula is C17H22N2. The number of fused-ring (bicyclic) bond motifs is 1. The Morgan fingerprint density at radius 1 is 1.11 bits per heavy atom. The Hall–Kier alpha value is -1.38. The summed E-state index contributed by atoms with van der Waals surface area (Å²) >= 11 is 0. The van der Waals surface area contributed by atoms with Crippen LogP contribution in [0.5, 0.6) is 0 Å². The minimum atomic E-state index is 0.933. The van der Waals surface area contributed by atoms with Crippen LogP contribution in [-0.2, 0) is 13.1 Å². The van der Waals surface area contributed by atoms with Gasteiger partial charge in [0.2, 0.25) is 0 Å². The van der Waals surface area contributed by atoms with Crippen molar-refractivity contribution in [3.8, 4) is 0 Å². The summed E-state index contributed by atoms with van der Waals surface area (Å²) in [4.78, 5) is 2.55. The molecule has 0 atom stereocenters. The first-order valence-corrected chi connectivity index (χ1v) is 7.24. The maximum atomic E-state index is 3.24. The molecule has 1 aliphatic rings. The van der Waals surface area contributed by atoms with Gasteiger partial charge in [0.15, 0.2) is 0 Å². The molecule has 1 heterocycles. The molecule has 0 saturated carbocycles. The van der Waals surface area contributed by atoms with Gasteiger partial charge in [-0.15, -0.1) is 0 Å². The standard InChI is InChI=1S/C17H22N2/c1-18-12-16-6-4-5-15-11-14(7-8-17(15)16)13-19-9-2-3-10-19/h4-8,11,18H,2-3,9-10,12-13H2,1H3. The van der Waals surface area contributed by atoms with E-state index in [4.69, 9.17) is 0 Å². The first-order valence-electron chi connectivity index (χ1n) is 7.24. The molecule has 0 aliphatic carbocycles. The molecule has 1 N–H and O–H groups in total. The minimum Gasteiger partial charge on any atom is -0.316 e. The van der Waals surface area contributed by atoms with Crippen molar-refractivity contribution >= 4 is 10.8 Å². The topological polar surface area (TPSA) is 15.3 Å². The van der Waals surface area contributed by atoms with Gasteiger partial charge in [0.25, 0.3) is 0 Å². The predicted octanol–water partition coefficient (Wildman–Crippen LogP) is 3.16. The van der Waals surface area contributed by atoms with E-state index in [9.17, 15) is 0 Å². The predicted molar refractivity (Wildman–Crippen MR) is 81.2 cm³/mol. The molecule has 100 valence electrons. The van der Waals surface area contributed by atoms with Crippen LogP contribution in [0, 0.1) is 0 Å². The molecule has 2 heteroatoms. The second kappa shape index (κ2) is 5.72. The number of benzene rings is 2. The van der Waals surface area contributed by atoms with Crippen LogP contribution in [-0.4, -0.2) is 25.0 Å². The lowest BCUT2D eigenvalue weighted by Gasteiger charge is -2.15. The summed E-state index contributed by atoms with van der Waals surface area (Å²) in [5, 5.41) is 5.98. The maximum absolute atomic E-state index is 3.24. The van der Waals surface area contributed by atoms with Crippen LogP contribution in [0.15, 0.2) is 36.4 Å². The molecule has 0 radical (unpaired) electrons. The van der Waals surface area contributed by atoms with E-state index in [2.05, 4.69) is 46.6 Å². The molecule has 0 unspecified atom stereocenters. The highest BCUT2D eigenvalue weighted by molar-refractivity contribution is 5.86. The highest BCUT2D eigenvalue weighted by Crippen LogP contribution is 2.22. The summed E-state index contributed by atoms with van der Waals surface area (Å²) in [6, 6.07) is 13.5. The van der Waals surface area contributed by atoms with E-state index in [1.165, 1.54) is 47.8 Å². The fourth-order valence-electron chi connectivity index (χ4n) is 3.04. The normalized spacial score (nSPS) is 16.3. The van der Waals surface area contributed by atoms with Crippen molar-refractivity contribution in [2.24, 2.45) is 0 Å². The number of rotatable bonds is 4. The molecule has 1 fully saturated rings. The molecule has 1 aliphatic heterocycles. The first kappa shape index (κ1) is 12.6. The lowest BCUT2D eigenvalue weighted by atomic mass is 10.0. The van der Waals surface area contributed by atoms with Gasteiger partial charge < -0.3 is 5.32 Å². The summed E-state index contributed by atoms with van der Waals surface area (Å²) in [5.41, 5.74) is 2.82. The molecule has 2 aromatic carbocycles. The summed E-state index contributed by atoms with van der Waals surface area (Å²) in [6.45, 7) is 4.56. The molecule has 0 spiro atoms. The van der Waals surface area contributed by atoms with Crippen molar-refractivity contribution in [3.63, 3.8) is 0 Å². The summed E-state index contributed by atoms with van der Waals surface area (Å²) in [7, 11) is 2.00. The van der Waals surface area contributed by atoms with Crippen molar-refractivity contribution in [2.75, 3.05) is 20.1 Å². The number of likely N-dealkylation sites (tertiary alicyclic amines) is 1. The molecule has 1 saturated heterocycles. The first-order chi connectivity index (χ1) is 9.36. The van der Waals surface area contributed by atoms with Crippen LogP contribution in [0.4, 0.5) is 0 Å². The average Bonchev–Trinajstić information content (AvgIpc) is 2.92. The van der Waals surface area contributed by atoms with E-state index < -0.39 is 0 Å². The summed E-state index contributed by atoms with van der Waals surface area (Å²) in [6.07, 6.45) is 2.72. The molecule has 19 heavy (non-hydrogen) atoms. The SMILES string of the molecule is CNCc1cccc2cc(CN3CCCC3)ccc12. The van der Waals surface area contributed by atoms with Crippen molar-refractivity contribution in [1.29, 1.82) is 0 Å². The van der Waals surface area contributed by atoms with Crippen LogP contribution in [0.2, 0.25) is 0 Å². The Kier molecular flexibility index (Phi) is 3.81. The molecule has 0 aromatic heterocycles. The third-order valence-electron chi connectivity index (χ3n) is 4.01. The lowest BCUT2D eigenvalue weighted by Crippen LogP contribution is -2.18. The Balaban J connectivity index is 1.88. The number of hydrogen-bond acceptors (Lipinski definition) is 2. The molecule has 2 nitrogen and oxygen atoms in total. The molecule has 3 rings (SSSR count). The van der Waals surface area contributed by atoms with Gasteiger partial charge in [-0.3, -0.25) is 4.90 Å². The van der Waals surface area contributed by atoms with Gasteiger partial charge in [-0.25, -0.2) is 0 Å². The molecule has 0 amide bonds. The summed E-state index contributed by atoms with van der Waals surface area (Å²) in [5.74, 6) is 0. The van der Waals surface area contributed by atoms with Crippen LogP contribution >= 0.6 is 0 Å². The second-order valence-corrected chi connectivity index (χ2v) is 5.49. The van der Waals surface area contributed by atoms with Crippen LogP contribution in [0.1, 0.15) is 24.0 Å². The zero-order chi connectivity index (χ0) is 13.1. The maximum Gasteiger partial charge on any atom is 0.0233 e. The van der Waals surface area contributed by atoms with Gasteiger partial charge >= 0.3 is 0 Å². The zero-order valence-electron chi connectivity index (χ0n) is 11.7. The lowest BCUT2D eigenvalue weighted by molar-refractivity contribution is 0.331. The van der Waals surface area contributed by atoms with E-state index >= 15 is 0 Å². The van der Waals surface area contributed by atoms with Crippen molar-refractivity contribution < 1.29 is 0 Å². The second-order valence-electron chi connectivity index (χ2n) is 5.49. The Bertz CT molecular complexity index is 556. The number of nitrogens with zero attached hydrogens (tertiary/aromatic N) is 1. The highest BCUT2D eigenvalue weighted by atomic mass is 15.1. The molecule has 0 bridgehead atoms. The van der Waals surface area contributed by atoms with E-state index in [1.807, 2.05) is 7.05 Å². The van der Waals surface area contributed by atoms with Gasteiger partial charge in [0.1, 0.15) is 0 Å². The minimum absolute atomic E-state index is 0.933. The van der Waals surface area contributed by atoms with E-state index in [-0.39, 0.29) is 0 Å². The average molecular weight is 254 g/mol. The van der Waals surface area contributed by atoms with Crippen molar-refractivity contribution in [3.05, 3.63) is 47.5 Å². The molecular weight excluding hydrogens is 232 g/mol. The van der Waals surface area contributed by atoms with Gasteiger partial charge in [-0.2, -0.15) is 0 Å². The molecule has 2 aromatic rings. The third-order valence-corrected chi connectivity index (χ3v) is 4.01. The Morgan fingerprint density at radius 3 is 2.74 bits per heavy atom. The van der Waals surface area contributed by atoms with Crippen LogP contribution in [0.25, 0.3) is 10.8 Å². The van der Waals surface area contributed by atoms with Crippen molar-refractivity contribution in [1.82, 2.24) is 10.2 Å². The van der Waals surface area contributed by atoms with E-state index in [1.54, 1.807) is 0 Å². The van der Waals surface area contributed by atoms with Gasteiger partial charge in [0.05, 0.1) is 0 Å². The van der Waals surface area contributed by atoms with E-state index in [0.29, 0.717) is 0 Å². The van der Waals surface area contributed by atoms with Gasteiger partial charge in [0, 0.05) is 13.1 Å². The fraction of sp³-hybridized carbons (Fsp3) is 0.412. The third kappa shape index (κ3) is 2.80. The number of nitrogens with one attached hydrogen (secondary N) is 1. The van der Waals surface area contributed by atoms with Gasteiger partial charge in [-0.05, 0) is 60.9 Å². The zero-order valence-corrected chi connectivity index (χ0v) is 11.7. The summed E-state index contributed by atoms with van der Waals surface area (Å²) < 4.78 is 0. The monoisotopic (exact) mass is 254 g/mol. The van der Waals surface area contributed by atoms with Crippen LogP contribution < -0.4 is 5.32 Å². The largest absolute Gasteiger partial charge is 0.316 e. The quantitative estimate of drug-likeness (QED) is 0.901. The van der Waals surface area contributed by atoms with Crippen molar-refractivity contribution in [2.45, 2.75) is 25.9 Å². The van der Waals surface area contributed by atoms with E-state index in [0.717, 1.165) is 13.1 Å². The number of hydrogen-bond donors (Lipinski definition) is 1. The Labute approximate surface area is 115 Å².